The third-order valence-electron chi connectivity index (χ3n) is 3.33. The van der Waals surface area contributed by atoms with E-state index in [4.69, 9.17) is 15.5 Å². The zero-order chi connectivity index (χ0) is 19.5. The molecule has 0 aromatic heterocycles. The average molecular weight is 377 g/mol. The number of rotatable bonds is 10. The minimum absolute atomic E-state index is 0.159. The molecule has 1 atom stereocenters. The van der Waals surface area contributed by atoms with Crippen molar-refractivity contribution in [3.63, 3.8) is 0 Å². The van der Waals surface area contributed by atoms with Gasteiger partial charge in [-0.15, -0.1) is 0 Å². The van der Waals surface area contributed by atoms with Gasteiger partial charge in [0.1, 0.15) is 17.7 Å². The maximum Gasteiger partial charge on any atom is 0.335 e. The molecule has 0 fully saturated rings. The van der Waals surface area contributed by atoms with Crippen LogP contribution in [0.1, 0.15) is 22.3 Å². The Kier molecular flexibility index (Phi) is 8.74. The van der Waals surface area contributed by atoms with Crippen LogP contribution in [-0.4, -0.2) is 46.1 Å². The van der Waals surface area contributed by atoms with Gasteiger partial charge < -0.3 is 20.8 Å². The summed E-state index contributed by atoms with van der Waals surface area (Å²) in [5.74, 6) is -2.39. The molecular formula is C17H19N3O5S. The number of carbonyl (C=O) groups is 3. The van der Waals surface area contributed by atoms with E-state index in [0.29, 0.717) is 5.75 Å². The Bertz CT molecular complexity index is 725. The van der Waals surface area contributed by atoms with Crippen LogP contribution in [-0.2, 0) is 16.1 Å². The molecule has 4 N–H and O–H groups in total. The smallest absolute Gasteiger partial charge is 0.335 e. The monoisotopic (exact) mass is 377 g/mol. The summed E-state index contributed by atoms with van der Waals surface area (Å²) >= 11 is 1.46. The van der Waals surface area contributed by atoms with Gasteiger partial charge in [0.2, 0.25) is 0 Å². The van der Waals surface area contributed by atoms with E-state index in [2.05, 4.69) is 10.6 Å². The highest BCUT2D eigenvalue weighted by Gasteiger charge is 2.21. The highest BCUT2D eigenvalue weighted by Crippen LogP contribution is 2.05. The molecule has 0 spiro atoms. The zero-order valence-corrected chi connectivity index (χ0v) is 14.9. The normalized spacial score (nSPS) is 11.9. The van der Waals surface area contributed by atoms with E-state index in [1.54, 1.807) is 18.2 Å². The topological polar surface area (TPSA) is 140 Å². The number of aliphatic carboxylic acids is 1. The lowest BCUT2D eigenvalue weighted by molar-refractivity contribution is -0.141. The first-order valence-electron chi connectivity index (χ1n) is 7.57. The molecule has 1 unspecified atom stereocenters. The van der Waals surface area contributed by atoms with Crippen molar-refractivity contribution in [3.05, 3.63) is 47.2 Å². The Morgan fingerprint density at radius 2 is 1.92 bits per heavy atom. The summed E-state index contributed by atoms with van der Waals surface area (Å²) in [7, 11) is 0. The maximum atomic E-state index is 12.0. The Morgan fingerprint density at radius 3 is 2.42 bits per heavy atom. The molecule has 1 rings (SSSR count). The van der Waals surface area contributed by atoms with Gasteiger partial charge >= 0.3 is 11.9 Å². The third kappa shape index (κ3) is 6.86. The Hall–Kier alpha value is -2.99. The van der Waals surface area contributed by atoms with Crippen LogP contribution in [0.5, 0.6) is 0 Å². The van der Waals surface area contributed by atoms with Crippen LogP contribution >= 0.6 is 11.8 Å². The molecule has 0 radical (unpaired) electrons. The average Bonchev–Trinajstić information content (AvgIpc) is 2.62. The molecule has 0 aliphatic rings. The van der Waals surface area contributed by atoms with E-state index in [1.165, 1.54) is 30.1 Å². The van der Waals surface area contributed by atoms with Crippen LogP contribution in [0.4, 0.5) is 0 Å². The molecule has 1 amide bonds. The fourth-order valence-electron chi connectivity index (χ4n) is 1.91. The predicted octanol–water partition coefficient (Wildman–Crippen LogP) is 1.20. The summed E-state index contributed by atoms with van der Waals surface area (Å²) in [5.41, 5.74) is 0.668. The number of hydrogen-bond acceptors (Lipinski definition) is 6. The third-order valence-corrected chi connectivity index (χ3v) is 3.98. The van der Waals surface area contributed by atoms with E-state index in [0.717, 1.165) is 5.56 Å². The van der Waals surface area contributed by atoms with Crippen LogP contribution < -0.4 is 10.6 Å². The van der Waals surface area contributed by atoms with Crippen LogP contribution in [0.15, 0.2) is 36.0 Å². The Morgan fingerprint density at radius 1 is 1.27 bits per heavy atom. The first-order chi connectivity index (χ1) is 12.4. The molecule has 0 bridgehead atoms. The number of carboxylic acids is 2. The Labute approximate surface area is 154 Å². The van der Waals surface area contributed by atoms with Crippen molar-refractivity contribution in [2.75, 3.05) is 12.0 Å². The molecule has 0 heterocycles. The largest absolute Gasteiger partial charge is 0.480 e. The first kappa shape index (κ1) is 21.1. The second-order valence-corrected chi connectivity index (χ2v) is 6.18. The highest BCUT2D eigenvalue weighted by atomic mass is 32.2. The van der Waals surface area contributed by atoms with Crippen LogP contribution in [0.25, 0.3) is 0 Å². The van der Waals surface area contributed by atoms with E-state index in [9.17, 15) is 14.4 Å². The molecule has 9 heteroatoms. The molecule has 0 saturated carbocycles. The fourth-order valence-corrected chi connectivity index (χ4v) is 2.39. The molecule has 26 heavy (non-hydrogen) atoms. The van der Waals surface area contributed by atoms with Crippen molar-refractivity contribution in [2.45, 2.75) is 19.0 Å². The van der Waals surface area contributed by atoms with Gasteiger partial charge in [-0.1, -0.05) is 12.1 Å². The van der Waals surface area contributed by atoms with Gasteiger partial charge in [0.15, 0.2) is 0 Å². The number of thioether (sulfide) groups is 1. The van der Waals surface area contributed by atoms with Crippen molar-refractivity contribution in [3.8, 4) is 6.07 Å². The summed E-state index contributed by atoms with van der Waals surface area (Å²) in [6.07, 6.45) is 3.28. The molecule has 0 saturated heterocycles. The van der Waals surface area contributed by atoms with E-state index >= 15 is 0 Å². The van der Waals surface area contributed by atoms with Gasteiger partial charge in [-0.25, -0.2) is 9.59 Å². The number of aromatic carboxylic acids is 1. The predicted molar refractivity (Wildman–Crippen MR) is 96.5 cm³/mol. The van der Waals surface area contributed by atoms with E-state index in [1.807, 2.05) is 6.26 Å². The summed E-state index contributed by atoms with van der Waals surface area (Å²) in [4.78, 5) is 34.0. The van der Waals surface area contributed by atoms with Gasteiger partial charge in [-0.2, -0.15) is 17.0 Å². The van der Waals surface area contributed by atoms with Crippen LogP contribution in [0.2, 0.25) is 0 Å². The zero-order valence-electron chi connectivity index (χ0n) is 14.1. The van der Waals surface area contributed by atoms with Gasteiger partial charge in [0.25, 0.3) is 5.91 Å². The molecule has 138 valence electrons. The highest BCUT2D eigenvalue weighted by molar-refractivity contribution is 7.98. The summed E-state index contributed by atoms with van der Waals surface area (Å²) in [5, 5.41) is 32.1. The standard InChI is InChI=1S/C17H19N3O5S/c1-26-7-6-14(17(24)25)20-15(21)13(8-18)10-19-9-11-2-4-12(5-3-11)16(22)23/h2-5,10,14,19H,6-7,9H2,1H3,(H,20,21)(H,22,23)(H,24,25)/b13-10-. The lowest BCUT2D eigenvalue weighted by Crippen LogP contribution is -2.41. The van der Waals surface area contributed by atoms with E-state index in [-0.39, 0.29) is 24.1 Å². The molecule has 1 aromatic rings. The maximum absolute atomic E-state index is 12.0. The number of hydrogen-bond donors (Lipinski definition) is 4. The number of nitriles is 1. The van der Waals surface area contributed by atoms with Crippen LogP contribution in [0.3, 0.4) is 0 Å². The van der Waals surface area contributed by atoms with E-state index < -0.39 is 23.9 Å². The molecule has 1 aromatic carbocycles. The molecular weight excluding hydrogens is 358 g/mol. The molecule has 8 nitrogen and oxygen atoms in total. The Balaban J connectivity index is 2.65. The second kappa shape index (κ2) is 10.8. The van der Waals surface area contributed by atoms with Gasteiger partial charge in [-0.05, 0) is 36.1 Å². The fraction of sp³-hybridized carbons (Fsp3) is 0.294. The molecule has 0 aliphatic heterocycles. The number of amides is 1. The van der Waals surface area contributed by atoms with Gasteiger partial charge in [-0.3, -0.25) is 4.79 Å². The number of benzene rings is 1. The van der Waals surface area contributed by atoms with Crippen molar-refractivity contribution in [1.82, 2.24) is 10.6 Å². The van der Waals surface area contributed by atoms with Crippen molar-refractivity contribution in [2.24, 2.45) is 0 Å². The van der Waals surface area contributed by atoms with Crippen LogP contribution in [0, 0.1) is 11.3 Å². The lowest BCUT2D eigenvalue weighted by atomic mass is 10.1. The molecule has 0 aliphatic carbocycles. The minimum Gasteiger partial charge on any atom is -0.480 e. The summed E-state index contributed by atoms with van der Waals surface area (Å²) < 4.78 is 0. The number of carboxylic acid groups (broad SMARTS) is 2. The first-order valence-corrected chi connectivity index (χ1v) is 8.97. The van der Waals surface area contributed by atoms with Gasteiger partial charge in [0, 0.05) is 12.7 Å². The van der Waals surface area contributed by atoms with Crippen molar-refractivity contribution in [1.29, 1.82) is 5.26 Å². The quantitative estimate of drug-likeness (QED) is 0.352. The SMILES string of the molecule is CSCCC(NC(=O)/C(C#N)=C\NCc1ccc(C(=O)O)cc1)C(=O)O. The summed E-state index contributed by atoms with van der Waals surface area (Å²) in [6, 6.07) is 6.78. The number of nitrogens with zero attached hydrogens (tertiary/aromatic N) is 1. The second-order valence-electron chi connectivity index (χ2n) is 5.20. The van der Waals surface area contributed by atoms with Crippen molar-refractivity contribution < 1.29 is 24.6 Å². The summed E-state index contributed by atoms with van der Waals surface area (Å²) in [6.45, 7) is 0.271. The number of nitrogens with one attached hydrogen (secondary N) is 2. The van der Waals surface area contributed by atoms with Gasteiger partial charge in [0.05, 0.1) is 5.56 Å². The minimum atomic E-state index is -1.16. The number of carbonyl (C=O) groups excluding carboxylic acids is 1. The van der Waals surface area contributed by atoms with Crippen molar-refractivity contribution >= 4 is 29.6 Å². The lowest BCUT2D eigenvalue weighted by Gasteiger charge is -2.13.